The van der Waals surface area contributed by atoms with Crippen LogP contribution in [-0.4, -0.2) is 33.0 Å². The molecule has 0 aliphatic carbocycles. The molecule has 0 N–H and O–H groups in total. The Hall–Kier alpha value is -7.15. The van der Waals surface area contributed by atoms with Gasteiger partial charge < -0.3 is 0 Å². The molecule has 7 aromatic carbocycles. The number of fused-ring (bicyclic) bond motifs is 3. The molecule has 0 unspecified atom stereocenters. The zero-order valence-corrected chi connectivity index (χ0v) is 32.6. The van der Waals surface area contributed by atoms with Gasteiger partial charge in [-0.25, -0.2) is 24.9 Å². The van der Waals surface area contributed by atoms with Gasteiger partial charge >= 0.3 is 0 Å². The van der Waals surface area contributed by atoms with Gasteiger partial charge in [0.1, 0.15) is 8.07 Å². The summed E-state index contributed by atoms with van der Waals surface area (Å²) in [4.78, 5) is 25.6. The van der Waals surface area contributed by atoms with Gasteiger partial charge in [-0.05, 0) is 51.2 Å². The molecule has 0 atom stereocenters. The highest BCUT2D eigenvalue weighted by Gasteiger charge is 2.41. The molecule has 6 heteroatoms. The van der Waals surface area contributed by atoms with Gasteiger partial charge in [-0.2, -0.15) is 0 Å². The average Bonchev–Trinajstić information content (AvgIpc) is 3.52. The van der Waals surface area contributed by atoms with Gasteiger partial charge in [-0.15, -0.1) is 0 Å². The summed E-state index contributed by atoms with van der Waals surface area (Å²) in [6.07, 6.45) is 0. The summed E-state index contributed by atoms with van der Waals surface area (Å²) >= 11 is 0. The van der Waals surface area contributed by atoms with Crippen LogP contribution in [0, 0.1) is 0 Å². The Balaban J connectivity index is 1.03. The smallest absolute Gasteiger partial charge is 0.164 e. The molecule has 0 bridgehead atoms. The molecule has 2 aromatic heterocycles. The van der Waals surface area contributed by atoms with Crippen LogP contribution in [0.25, 0.3) is 90.2 Å². The van der Waals surface area contributed by atoms with Gasteiger partial charge in [0.15, 0.2) is 23.3 Å². The molecule has 5 nitrogen and oxygen atoms in total. The Kier molecular flexibility index (Phi) is 8.54. The summed E-state index contributed by atoms with van der Waals surface area (Å²) < 4.78 is 0. The van der Waals surface area contributed by atoms with Crippen LogP contribution in [0.3, 0.4) is 0 Å². The molecule has 10 rings (SSSR count). The summed E-state index contributed by atoms with van der Waals surface area (Å²) in [6.45, 7) is 4.82. The van der Waals surface area contributed by atoms with E-state index in [1.807, 2.05) is 60.7 Å². The third kappa shape index (κ3) is 6.36. The highest BCUT2D eigenvalue weighted by atomic mass is 28.3. The lowest BCUT2D eigenvalue weighted by molar-refractivity contribution is 1.07. The number of rotatable bonds is 7. The molecule has 0 radical (unpaired) electrons. The predicted molar refractivity (Wildman–Crippen MR) is 236 cm³/mol. The molecule has 0 amide bonds. The second-order valence-electron chi connectivity index (χ2n) is 14.9. The molecule has 9 aromatic rings. The van der Waals surface area contributed by atoms with E-state index in [1.165, 1.54) is 21.6 Å². The van der Waals surface area contributed by atoms with Crippen LogP contribution < -0.4 is 10.5 Å². The molecular weight excluding hydrogens is 711 g/mol. The summed E-state index contributed by atoms with van der Waals surface area (Å²) in [5.41, 5.74) is 12.8. The second kappa shape index (κ2) is 14.2. The van der Waals surface area contributed by atoms with Crippen molar-refractivity contribution in [3.8, 4) is 90.2 Å². The molecule has 3 heterocycles. The fourth-order valence-electron chi connectivity index (χ4n) is 7.97. The molecule has 0 fully saturated rings. The van der Waals surface area contributed by atoms with E-state index in [0.29, 0.717) is 17.5 Å². The number of nitrogens with zero attached hydrogens (tertiary/aromatic N) is 5. The van der Waals surface area contributed by atoms with Crippen LogP contribution >= 0.6 is 0 Å². The first-order valence-electron chi connectivity index (χ1n) is 19.3. The minimum Gasteiger partial charge on any atom is -0.237 e. The van der Waals surface area contributed by atoms with Gasteiger partial charge in [0.05, 0.1) is 5.69 Å². The lowest BCUT2D eigenvalue weighted by Gasteiger charge is -2.19. The Labute approximate surface area is 333 Å². The van der Waals surface area contributed by atoms with Crippen LogP contribution in [0.15, 0.2) is 188 Å². The van der Waals surface area contributed by atoms with E-state index < -0.39 is 8.07 Å². The molecule has 1 aliphatic rings. The lowest BCUT2D eigenvalue weighted by Crippen LogP contribution is -2.50. The van der Waals surface area contributed by atoms with Crippen molar-refractivity contribution in [2.24, 2.45) is 0 Å². The Morgan fingerprint density at radius 3 is 1.19 bits per heavy atom. The zero-order valence-electron chi connectivity index (χ0n) is 31.6. The van der Waals surface area contributed by atoms with Crippen LogP contribution in [0.4, 0.5) is 0 Å². The van der Waals surface area contributed by atoms with Crippen LogP contribution in [0.1, 0.15) is 0 Å². The van der Waals surface area contributed by atoms with E-state index in [2.05, 4.69) is 140 Å². The molecule has 0 saturated carbocycles. The number of hydrogen-bond donors (Lipinski definition) is 0. The SMILES string of the molecule is C[Si]1(C)c2ccccc2-c2c(-c3ccccc3)nc(-c3cccc(-c4cccc(-c5cccc(-c6nc(-c7ccccc7)nc(-c7ccccc7)n6)c5)c4)c3)nc21. The summed E-state index contributed by atoms with van der Waals surface area (Å²) in [5, 5.41) is 2.62. The Morgan fingerprint density at radius 2 is 0.684 bits per heavy atom. The van der Waals surface area contributed by atoms with Crippen molar-refractivity contribution >= 4 is 18.6 Å². The number of benzene rings is 7. The summed E-state index contributed by atoms with van der Waals surface area (Å²) in [7, 11) is -2.07. The highest BCUT2D eigenvalue weighted by molar-refractivity contribution is 7.03. The van der Waals surface area contributed by atoms with Gasteiger partial charge in [-0.3, -0.25) is 0 Å². The molecule has 57 heavy (non-hydrogen) atoms. The van der Waals surface area contributed by atoms with Crippen LogP contribution in [0.2, 0.25) is 13.1 Å². The largest absolute Gasteiger partial charge is 0.237 e. The van der Waals surface area contributed by atoms with E-state index >= 15 is 0 Å². The standard InChI is InChI=1S/C51H37N5Si/c1-57(2)44-30-13-12-29-43(44)45-46(34-17-6-3-7-18-34)52-49(56-51(45)57)41-27-15-25-39(32-41)37-23-14-24-38(31-37)40-26-16-28-42(33-40)50-54-47(35-19-8-4-9-20-35)53-48(55-50)36-21-10-5-11-22-36/h3-33H,1-2H3. The van der Waals surface area contributed by atoms with Gasteiger partial charge in [0, 0.05) is 38.7 Å². The van der Waals surface area contributed by atoms with Crippen molar-refractivity contribution in [3.05, 3.63) is 188 Å². The fourth-order valence-corrected chi connectivity index (χ4v) is 10.9. The molecule has 1 aliphatic heterocycles. The first kappa shape index (κ1) is 34.3. The monoisotopic (exact) mass is 747 g/mol. The average molecular weight is 748 g/mol. The minimum absolute atomic E-state index is 0.631. The first-order chi connectivity index (χ1) is 28.0. The summed E-state index contributed by atoms with van der Waals surface area (Å²) in [5.74, 6) is 2.68. The topological polar surface area (TPSA) is 64.5 Å². The third-order valence-electron chi connectivity index (χ3n) is 10.9. The number of hydrogen-bond acceptors (Lipinski definition) is 5. The second-order valence-corrected chi connectivity index (χ2v) is 19.2. The van der Waals surface area contributed by atoms with Crippen LogP contribution in [-0.2, 0) is 0 Å². The van der Waals surface area contributed by atoms with E-state index in [9.17, 15) is 0 Å². The van der Waals surface area contributed by atoms with E-state index in [-0.39, 0.29) is 0 Å². The zero-order chi connectivity index (χ0) is 38.3. The highest BCUT2D eigenvalue weighted by Crippen LogP contribution is 2.37. The van der Waals surface area contributed by atoms with Crippen LogP contribution in [0.5, 0.6) is 0 Å². The molecular formula is C51H37N5Si. The molecule has 270 valence electrons. The van der Waals surface area contributed by atoms with E-state index in [1.54, 1.807) is 0 Å². The molecule has 0 saturated heterocycles. The van der Waals surface area contributed by atoms with Crippen molar-refractivity contribution in [2.45, 2.75) is 13.1 Å². The normalized spacial score (nSPS) is 12.5. The maximum atomic E-state index is 5.40. The van der Waals surface area contributed by atoms with Gasteiger partial charge in [0.2, 0.25) is 0 Å². The minimum atomic E-state index is -2.07. The van der Waals surface area contributed by atoms with Crippen molar-refractivity contribution in [2.75, 3.05) is 0 Å². The quantitative estimate of drug-likeness (QED) is 0.152. The van der Waals surface area contributed by atoms with Crippen molar-refractivity contribution in [3.63, 3.8) is 0 Å². The maximum Gasteiger partial charge on any atom is 0.164 e. The lowest BCUT2D eigenvalue weighted by atomic mass is 9.96. The van der Waals surface area contributed by atoms with E-state index in [4.69, 9.17) is 24.9 Å². The summed E-state index contributed by atoms with van der Waals surface area (Å²) in [6, 6.07) is 65.3. The van der Waals surface area contributed by atoms with Crippen molar-refractivity contribution in [1.29, 1.82) is 0 Å². The number of aromatic nitrogens is 5. The van der Waals surface area contributed by atoms with Gasteiger partial charge in [-0.1, -0.05) is 183 Å². The fraction of sp³-hybridized carbons (Fsp3) is 0.0392. The van der Waals surface area contributed by atoms with Crippen molar-refractivity contribution < 1.29 is 0 Å². The first-order valence-corrected chi connectivity index (χ1v) is 22.3. The Bertz CT molecular complexity index is 2870. The van der Waals surface area contributed by atoms with Gasteiger partial charge in [0.25, 0.3) is 0 Å². The Morgan fingerprint density at radius 1 is 0.316 bits per heavy atom. The maximum absolute atomic E-state index is 5.40. The third-order valence-corrected chi connectivity index (χ3v) is 14.2. The van der Waals surface area contributed by atoms with E-state index in [0.717, 1.165) is 61.6 Å². The van der Waals surface area contributed by atoms with Crippen molar-refractivity contribution in [1.82, 2.24) is 24.9 Å². The molecule has 0 spiro atoms. The predicted octanol–water partition coefficient (Wildman–Crippen LogP) is 11.1.